The molecule has 0 radical (unpaired) electrons. The minimum absolute atomic E-state index is 0.237. The third-order valence-electron chi connectivity index (χ3n) is 2.09. The Hall–Kier alpha value is -1.07. The van der Waals surface area contributed by atoms with Crippen molar-refractivity contribution in [2.24, 2.45) is 10.9 Å². The molecule has 0 fully saturated rings. The van der Waals surface area contributed by atoms with E-state index in [1.807, 2.05) is 6.92 Å². The maximum absolute atomic E-state index is 8.40. The van der Waals surface area contributed by atoms with Gasteiger partial charge in [-0.25, -0.2) is 0 Å². The van der Waals surface area contributed by atoms with Crippen LogP contribution in [0.15, 0.2) is 22.7 Å². The molecule has 0 bridgehead atoms. The second-order valence-corrected chi connectivity index (χ2v) is 4.51. The van der Waals surface area contributed by atoms with Gasteiger partial charge in [-0.15, -0.1) is 11.3 Å². The monoisotopic (exact) mass is 227 g/mol. The first kappa shape index (κ1) is 12.0. The summed E-state index contributed by atoms with van der Waals surface area (Å²) in [5, 5.41) is 16.7. The highest BCUT2D eigenvalue weighted by atomic mass is 32.1. The lowest BCUT2D eigenvalue weighted by Gasteiger charge is -2.11. The lowest BCUT2D eigenvalue weighted by Crippen LogP contribution is -2.32. The third-order valence-corrected chi connectivity index (χ3v) is 3.02. The Morgan fingerprint density at radius 2 is 2.53 bits per heavy atom. The van der Waals surface area contributed by atoms with Crippen molar-refractivity contribution in [1.82, 2.24) is 5.32 Å². The molecule has 15 heavy (non-hydrogen) atoms. The van der Waals surface area contributed by atoms with Crippen molar-refractivity contribution >= 4 is 17.2 Å². The van der Waals surface area contributed by atoms with Gasteiger partial charge < -0.3 is 16.3 Å². The van der Waals surface area contributed by atoms with E-state index in [2.05, 4.69) is 28.0 Å². The Morgan fingerprint density at radius 1 is 1.73 bits per heavy atom. The summed E-state index contributed by atoms with van der Waals surface area (Å²) in [7, 11) is 0. The van der Waals surface area contributed by atoms with Crippen LogP contribution in [0.2, 0.25) is 0 Å². The standard InChI is InChI=1S/C10H17N3OS/c1-8(7-10(11)13-14)12-5-4-9-3-2-6-15-9/h2-3,6,8,12,14H,4-5,7H2,1H3,(H2,11,13). The maximum Gasteiger partial charge on any atom is 0.140 e. The summed E-state index contributed by atoms with van der Waals surface area (Å²) in [4.78, 5) is 1.37. The van der Waals surface area contributed by atoms with Crippen molar-refractivity contribution in [3.05, 3.63) is 22.4 Å². The van der Waals surface area contributed by atoms with E-state index < -0.39 is 0 Å². The van der Waals surface area contributed by atoms with Gasteiger partial charge in [-0.1, -0.05) is 11.2 Å². The molecule has 4 N–H and O–H groups in total. The summed E-state index contributed by atoms with van der Waals surface area (Å²) in [6, 6.07) is 4.42. The van der Waals surface area contributed by atoms with Gasteiger partial charge in [0.15, 0.2) is 0 Å². The van der Waals surface area contributed by atoms with Crippen molar-refractivity contribution in [3.8, 4) is 0 Å². The molecule has 0 amide bonds. The van der Waals surface area contributed by atoms with Crippen molar-refractivity contribution in [3.63, 3.8) is 0 Å². The molecule has 1 heterocycles. The highest BCUT2D eigenvalue weighted by molar-refractivity contribution is 7.09. The maximum atomic E-state index is 8.40. The molecule has 1 atom stereocenters. The van der Waals surface area contributed by atoms with Crippen LogP contribution in [0.5, 0.6) is 0 Å². The van der Waals surface area contributed by atoms with Crippen LogP contribution in [0.25, 0.3) is 0 Å². The fraction of sp³-hybridized carbons (Fsp3) is 0.500. The number of thiophene rings is 1. The molecule has 4 nitrogen and oxygen atoms in total. The summed E-state index contributed by atoms with van der Waals surface area (Å²) in [6.07, 6.45) is 1.60. The number of amidine groups is 1. The highest BCUT2D eigenvalue weighted by Gasteiger charge is 2.04. The molecule has 0 aliphatic rings. The number of hydrogen-bond acceptors (Lipinski definition) is 4. The Labute approximate surface area is 93.8 Å². The smallest absolute Gasteiger partial charge is 0.140 e. The third kappa shape index (κ3) is 4.80. The van der Waals surface area contributed by atoms with Crippen LogP contribution in [-0.4, -0.2) is 23.6 Å². The molecule has 0 aliphatic carbocycles. The molecule has 0 aromatic carbocycles. The number of rotatable bonds is 6. The fourth-order valence-electron chi connectivity index (χ4n) is 1.32. The van der Waals surface area contributed by atoms with Gasteiger partial charge in [-0.05, 0) is 24.8 Å². The van der Waals surface area contributed by atoms with Crippen LogP contribution in [0.1, 0.15) is 18.2 Å². The van der Waals surface area contributed by atoms with Crippen LogP contribution in [0, 0.1) is 0 Å². The van der Waals surface area contributed by atoms with Crippen LogP contribution in [0.4, 0.5) is 0 Å². The predicted molar refractivity (Wildman–Crippen MR) is 63.5 cm³/mol. The number of nitrogens with two attached hydrogens (primary N) is 1. The molecule has 84 valence electrons. The Kier molecular flexibility index (Phi) is 5.14. The summed E-state index contributed by atoms with van der Waals surface area (Å²) < 4.78 is 0. The van der Waals surface area contributed by atoms with E-state index in [1.165, 1.54) is 4.88 Å². The summed E-state index contributed by atoms with van der Waals surface area (Å²) >= 11 is 1.76. The minimum atomic E-state index is 0.237. The second kappa shape index (κ2) is 6.42. The van der Waals surface area contributed by atoms with E-state index >= 15 is 0 Å². The molecule has 1 aromatic heterocycles. The number of nitrogens with zero attached hydrogens (tertiary/aromatic N) is 1. The first-order valence-electron chi connectivity index (χ1n) is 4.94. The number of oxime groups is 1. The fourth-order valence-corrected chi connectivity index (χ4v) is 2.03. The zero-order valence-corrected chi connectivity index (χ0v) is 9.63. The van der Waals surface area contributed by atoms with Gasteiger partial charge in [0, 0.05) is 23.9 Å². The summed E-state index contributed by atoms with van der Waals surface area (Å²) in [5.74, 6) is 0.270. The Balaban J connectivity index is 2.14. The Morgan fingerprint density at radius 3 is 3.13 bits per heavy atom. The molecule has 1 unspecified atom stereocenters. The Bertz CT molecular complexity index is 298. The first-order valence-corrected chi connectivity index (χ1v) is 5.82. The summed E-state index contributed by atoms with van der Waals surface area (Å²) in [5.41, 5.74) is 5.40. The zero-order chi connectivity index (χ0) is 11.1. The van der Waals surface area contributed by atoms with Crippen LogP contribution < -0.4 is 11.1 Å². The van der Waals surface area contributed by atoms with Gasteiger partial charge >= 0.3 is 0 Å². The van der Waals surface area contributed by atoms with E-state index in [-0.39, 0.29) is 11.9 Å². The highest BCUT2D eigenvalue weighted by Crippen LogP contribution is 2.08. The molecular weight excluding hydrogens is 210 g/mol. The van der Waals surface area contributed by atoms with Gasteiger partial charge in [0.2, 0.25) is 0 Å². The predicted octanol–water partition coefficient (Wildman–Crippen LogP) is 1.41. The van der Waals surface area contributed by atoms with E-state index in [1.54, 1.807) is 11.3 Å². The lowest BCUT2D eigenvalue weighted by molar-refractivity contribution is 0.316. The van der Waals surface area contributed by atoms with Crippen molar-refractivity contribution in [2.75, 3.05) is 6.54 Å². The van der Waals surface area contributed by atoms with E-state index in [4.69, 9.17) is 10.9 Å². The first-order chi connectivity index (χ1) is 7.22. The molecule has 0 saturated heterocycles. The quantitative estimate of drug-likeness (QED) is 0.298. The van der Waals surface area contributed by atoms with E-state index in [0.29, 0.717) is 6.42 Å². The van der Waals surface area contributed by atoms with E-state index in [9.17, 15) is 0 Å². The minimum Gasteiger partial charge on any atom is -0.409 e. The normalized spacial score (nSPS) is 14.1. The molecule has 0 spiro atoms. The molecule has 0 aliphatic heterocycles. The van der Waals surface area contributed by atoms with Gasteiger partial charge in [-0.2, -0.15) is 0 Å². The average molecular weight is 227 g/mol. The average Bonchev–Trinajstić information content (AvgIpc) is 2.70. The topological polar surface area (TPSA) is 70.6 Å². The van der Waals surface area contributed by atoms with Gasteiger partial charge in [0.05, 0.1) is 0 Å². The van der Waals surface area contributed by atoms with Crippen LogP contribution in [0.3, 0.4) is 0 Å². The van der Waals surface area contributed by atoms with Gasteiger partial charge in [-0.3, -0.25) is 0 Å². The van der Waals surface area contributed by atoms with Gasteiger partial charge in [0.1, 0.15) is 5.84 Å². The van der Waals surface area contributed by atoms with Gasteiger partial charge in [0.25, 0.3) is 0 Å². The zero-order valence-electron chi connectivity index (χ0n) is 8.81. The van der Waals surface area contributed by atoms with Crippen LogP contribution in [-0.2, 0) is 6.42 Å². The van der Waals surface area contributed by atoms with E-state index in [0.717, 1.165) is 13.0 Å². The largest absolute Gasteiger partial charge is 0.409 e. The van der Waals surface area contributed by atoms with Crippen LogP contribution >= 0.6 is 11.3 Å². The van der Waals surface area contributed by atoms with Crippen molar-refractivity contribution in [1.29, 1.82) is 0 Å². The molecule has 1 rings (SSSR count). The number of nitrogens with one attached hydrogen (secondary N) is 1. The number of hydrogen-bond donors (Lipinski definition) is 3. The lowest BCUT2D eigenvalue weighted by atomic mass is 10.2. The second-order valence-electron chi connectivity index (χ2n) is 3.48. The SMILES string of the molecule is CC(CC(N)=NO)NCCc1cccs1. The molecule has 5 heteroatoms. The van der Waals surface area contributed by atoms with Crippen molar-refractivity contribution in [2.45, 2.75) is 25.8 Å². The molecule has 0 saturated carbocycles. The molecule has 1 aromatic rings. The van der Waals surface area contributed by atoms with Crippen molar-refractivity contribution < 1.29 is 5.21 Å². The molecular formula is C10H17N3OS. The summed E-state index contributed by atoms with van der Waals surface area (Å²) in [6.45, 7) is 2.94.